The number of carbonyl (C=O) groups is 1. The summed E-state index contributed by atoms with van der Waals surface area (Å²) < 4.78 is 15.7. The van der Waals surface area contributed by atoms with Crippen LogP contribution in [0.2, 0.25) is 0 Å². The third-order valence-electron chi connectivity index (χ3n) is 5.17. The molecule has 0 spiro atoms. The van der Waals surface area contributed by atoms with Gasteiger partial charge >= 0.3 is 0 Å². The normalized spacial score (nSPS) is 15.7. The minimum absolute atomic E-state index is 0.0926. The van der Waals surface area contributed by atoms with Gasteiger partial charge < -0.3 is 19.3 Å². The molecule has 174 valence electrons. The van der Waals surface area contributed by atoms with Gasteiger partial charge in [-0.05, 0) is 65.4 Å². The Morgan fingerprint density at radius 3 is 2.18 bits per heavy atom. The lowest BCUT2D eigenvalue weighted by molar-refractivity contribution is -0.122. The van der Waals surface area contributed by atoms with Crippen LogP contribution in [0.25, 0.3) is 6.08 Å². The molecule has 1 aliphatic rings. The third-order valence-corrected chi connectivity index (χ3v) is 6.18. The molecule has 0 unspecified atom stereocenters. The first-order valence-electron chi connectivity index (χ1n) is 10.5. The number of ether oxygens (including phenoxy) is 3. The van der Waals surface area contributed by atoms with Crippen molar-refractivity contribution in [3.63, 3.8) is 0 Å². The van der Waals surface area contributed by atoms with Crippen LogP contribution in [0.3, 0.4) is 0 Å². The second kappa shape index (κ2) is 10.4. The van der Waals surface area contributed by atoms with Crippen LogP contribution >= 0.6 is 11.8 Å². The minimum Gasteiger partial charge on any atom is -0.502 e. The number of phenols is 1. The third kappa shape index (κ3) is 5.02. The lowest BCUT2D eigenvalue weighted by atomic mass is 10.1. The van der Waals surface area contributed by atoms with E-state index in [2.05, 4.69) is 0 Å². The van der Waals surface area contributed by atoms with Crippen molar-refractivity contribution >= 4 is 34.6 Å². The Labute approximate surface area is 202 Å². The van der Waals surface area contributed by atoms with Crippen LogP contribution in [0.4, 0.5) is 5.69 Å². The minimum atomic E-state index is -0.165. The Kier molecular flexibility index (Phi) is 7.08. The summed E-state index contributed by atoms with van der Waals surface area (Å²) in [6.07, 6.45) is 1.74. The van der Waals surface area contributed by atoms with E-state index >= 15 is 0 Å². The quantitative estimate of drug-likeness (QED) is 0.471. The largest absolute Gasteiger partial charge is 0.502 e. The molecule has 1 amide bonds. The van der Waals surface area contributed by atoms with Gasteiger partial charge in [-0.1, -0.05) is 30.3 Å². The SMILES string of the molecule is COc1ccc(CN2C(=O)/C(=C/c3cc(OC)c(O)c(OC)c3)SC2=Nc2ccccc2)cc1. The molecule has 34 heavy (non-hydrogen) atoms. The first kappa shape index (κ1) is 23.3. The predicted molar refractivity (Wildman–Crippen MR) is 134 cm³/mol. The maximum Gasteiger partial charge on any atom is 0.267 e. The molecule has 1 N–H and O–H groups in total. The van der Waals surface area contributed by atoms with Crippen molar-refractivity contribution in [3.8, 4) is 23.0 Å². The van der Waals surface area contributed by atoms with Gasteiger partial charge in [0.2, 0.25) is 5.75 Å². The number of nitrogens with zero attached hydrogens (tertiary/aromatic N) is 2. The number of aromatic hydroxyl groups is 1. The molecule has 8 heteroatoms. The topological polar surface area (TPSA) is 80.6 Å². The second-order valence-electron chi connectivity index (χ2n) is 7.35. The van der Waals surface area contributed by atoms with E-state index in [1.807, 2.05) is 54.6 Å². The number of hydrogen-bond acceptors (Lipinski definition) is 7. The molecule has 0 aromatic heterocycles. The Morgan fingerprint density at radius 2 is 1.59 bits per heavy atom. The fourth-order valence-electron chi connectivity index (χ4n) is 3.41. The molecule has 1 saturated heterocycles. The van der Waals surface area contributed by atoms with Crippen molar-refractivity contribution in [1.29, 1.82) is 0 Å². The van der Waals surface area contributed by atoms with E-state index in [-0.39, 0.29) is 23.2 Å². The number of rotatable bonds is 7. The van der Waals surface area contributed by atoms with E-state index in [0.29, 0.717) is 22.2 Å². The Balaban J connectivity index is 1.71. The second-order valence-corrected chi connectivity index (χ2v) is 8.36. The van der Waals surface area contributed by atoms with Gasteiger partial charge in [-0.15, -0.1) is 0 Å². The van der Waals surface area contributed by atoms with Gasteiger partial charge in [0.1, 0.15) is 5.75 Å². The monoisotopic (exact) mass is 476 g/mol. The number of benzene rings is 3. The zero-order chi connectivity index (χ0) is 24.1. The first-order valence-corrected chi connectivity index (χ1v) is 11.3. The number of amidine groups is 1. The molecule has 7 nitrogen and oxygen atoms in total. The van der Waals surface area contributed by atoms with E-state index < -0.39 is 0 Å². The van der Waals surface area contributed by atoms with Crippen LogP contribution in [0.15, 0.2) is 76.6 Å². The van der Waals surface area contributed by atoms with Crippen molar-refractivity contribution < 1.29 is 24.1 Å². The van der Waals surface area contributed by atoms with E-state index in [9.17, 15) is 9.90 Å². The van der Waals surface area contributed by atoms with Crippen molar-refractivity contribution in [1.82, 2.24) is 4.90 Å². The van der Waals surface area contributed by atoms with Crippen molar-refractivity contribution in [2.75, 3.05) is 21.3 Å². The van der Waals surface area contributed by atoms with E-state index in [1.165, 1.54) is 26.0 Å². The van der Waals surface area contributed by atoms with Gasteiger partial charge in [-0.3, -0.25) is 9.69 Å². The van der Waals surface area contributed by atoms with Crippen molar-refractivity contribution in [3.05, 3.63) is 82.8 Å². The zero-order valence-corrected chi connectivity index (χ0v) is 19.8. The molecule has 3 aromatic carbocycles. The number of thioether (sulfide) groups is 1. The molecule has 0 aliphatic carbocycles. The van der Waals surface area contributed by atoms with Crippen LogP contribution in [0.1, 0.15) is 11.1 Å². The fourth-order valence-corrected chi connectivity index (χ4v) is 4.40. The molecule has 1 heterocycles. The number of phenolic OH excluding ortho intramolecular Hbond substituents is 1. The summed E-state index contributed by atoms with van der Waals surface area (Å²) >= 11 is 1.29. The Bertz CT molecular complexity index is 1210. The molecule has 0 saturated carbocycles. The molecule has 0 radical (unpaired) electrons. The summed E-state index contributed by atoms with van der Waals surface area (Å²) in [7, 11) is 4.54. The first-order chi connectivity index (χ1) is 16.5. The number of carbonyl (C=O) groups excluding carboxylic acids is 1. The molecule has 1 fully saturated rings. The van der Waals surface area contributed by atoms with Crippen molar-refractivity contribution in [2.24, 2.45) is 4.99 Å². The number of para-hydroxylation sites is 1. The molecule has 3 aromatic rings. The summed E-state index contributed by atoms with van der Waals surface area (Å²) in [6, 6.07) is 20.4. The van der Waals surface area contributed by atoms with Crippen LogP contribution in [-0.2, 0) is 11.3 Å². The highest BCUT2D eigenvalue weighted by Gasteiger charge is 2.33. The molecule has 4 rings (SSSR count). The van der Waals surface area contributed by atoms with Crippen LogP contribution in [0.5, 0.6) is 23.0 Å². The van der Waals surface area contributed by atoms with E-state index in [0.717, 1.165) is 17.0 Å². The number of hydrogen-bond donors (Lipinski definition) is 1. The summed E-state index contributed by atoms with van der Waals surface area (Å²) in [6.45, 7) is 0.362. The number of amides is 1. The molecule has 0 bridgehead atoms. The van der Waals surface area contributed by atoms with E-state index in [1.54, 1.807) is 30.2 Å². The maximum absolute atomic E-state index is 13.4. The maximum atomic E-state index is 13.4. The van der Waals surface area contributed by atoms with Crippen LogP contribution in [-0.4, -0.2) is 42.4 Å². The predicted octanol–water partition coefficient (Wildman–Crippen LogP) is 5.22. The van der Waals surface area contributed by atoms with Gasteiger partial charge in [-0.2, -0.15) is 0 Å². The van der Waals surface area contributed by atoms with Gasteiger partial charge in [0.25, 0.3) is 5.91 Å². The van der Waals surface area contributed by atoms with Crippen LogP contribution < -0.4 is 14.2 Å². The number of aliphatic imine (C=N–C) groups is 1. The zero-order valence-electron chi connectivity index (χ0n) is 19.0. The highest BCUT2D eigenvalue weighted by atomic mass is 32.2. The highest BCUT2D eigenvalue weighted by Crippen LogP contribution is 2.40. The highest BCUT2D eigenvalue weighted by molar-refractivity contribution is 8.18. The van der Waals surface area contributed by atoms with Gasteiger partial charge in [0.05, 0.1) is 38.5 Å². The smallest absolute Gasteiger partial charge is 0.267 e. The van der Waals surface area contributed by atoms with Crippen molar-refractivity contribution in [2.45, 2.75) is 6.54 Å². The van der Waals surface area contributed by atoms with Crippen LogP contribution in [0, 0.1) is 0 Å². The summed E-state index contributed by atoms with van der Waals surface area (Å²) in [5.41, 5.74) is 2.36. The van der Waals surface area contributed by atoms with Gasteiger partial charge in [0.15, 0.2) is 16.7 Å². The fraction of sp³-hybridized carbons (Fsp3) is 0.154. The molecular weight excluding hydrogens is 452 g/mol. The molecule has 1 aliphatic heterocycles. The summed E-state index contributed by atoms with van der Waals surface area (Å²) in [5.74, 6) is 1.01. The summed E-state index contributed by atoms with van der Waals surface area (Å²) in [5, 5.41) is 10.8. The standard InChI is InChI=1S/C26H24N2O5S/c1-31-20-11-9-17(10-12-20)16-28-25(30)23(34-26(28)27-19-7-5-4-6-8-19)15-18-13-21(32-2)24(29)22(14-18)33-3/h4-15,29H,16H2,1-3H3/b23-15-,27-26?. The Hall–Kier alpha value is -3.91. The number of methoxy groups -OCH3 is 3. The van der Waals surface area contributed by atoms with E-state index in [4.69, 9.17) is 19.2 Å². The molecule has 0 atom stereocenters. The van der Waals surface area contributed by atoms with Gasteiger partial charge in [0, 0.05) is 0 Å². The lowest BCUT2D eigenvalue weighted by Gasteiger charge is -2.16. The molecular formula is C26H24N2O5S. The average molecular weight is 477 g/mol. The summed E-state index contributed by atoms with van der Waals surface area (Å²) in [4.78, 5) is 20.3. The lowest BCUT2D eigenvalue weighted by Crippen LogP contribution is -2.28. The average Bonchev–Trinajstić information content (AvgIpc) is 3.14. The van der Waals surface area contributed by atoms with Gasteiger partial charge in [-0.25, -0.2) is 4.99 Å². The Morgan fingerprint density at radius 1 is 0.941 bits per heavy atom.